The number of thioether (sulfide) groups is 1. The number of aliphatic carboxylic acids is 1. The van der Waals surface area contributed by atoms with Crippen LogP contribution in [0.2, 0.25) is 0 Å². The Kier molecular flexibility index (Phi) is 4.31. The summed E-state index contributed by atoms with van der Waals surface area (Å²) in [6.45, 7) is 4.83. The van der Waals surface area contributed by atoms with Crippen molar-refractivity contribution >= 4 is 17.7 Å². The van der Waals surface area contributed by atoms with Gasteiger partial charge in [0.25, 0.3) is 0 Å². The number of hydrogen-bond donors (Lipinski definition) is 1. The van der Waals surface area contributed by atoms with E-state index in [-0.39, 0.29) is 5.75 Å². The van der Waals surface area contributed by atoms with Gasteiger partial charge in [-0.05, 0) is 12.0 Å². The van der Waals surface area contributed by atoms with E-state index in [4.69, 9.17) is 9.52 Å². The van der Waals surface area contributed by atoms with Crippen LogP contribution >= 0.6 is 11.8 Å². The molecule has 0 aliphatic rings. The van der Waals surface area contributed by atoms with E-state index in [0.717, 1.165) is 16.4 Å². The van der Waals surface area contributed by atoms with Gasteiger partial charge in [-0.25, -0.2) is 4.98 Å². The van der Waals surface area contributed by atoms with Gasteiger partial charge in [-0.1, -0.05) is 25.6 Å². The molecule has 2 aromatic rings. The molecule has 0 saturated heterocycles. The van der Waals surface area contributed by atoms with Crippen molar-refractivity contribution in [2.24, 2.45) is 0 Å². The average Bonchev–Trinajstić information content (AvgIpc) is 2.96. The minimum Gasteiger partial charge on any atom is -0.481 e. The summed E-state index contributed by atoms with van der Waals surface area (Å²) in [4.78, 5) is 15.0. The quantitative estimate of drug-likeness (QED) is 0.824. The van der Waals surface area contributed by atoms with E-state index in [9.17, 15) is 4.79 Å². The molecule has 0 amide bonds. The summed E-state index contributed by atoms with van der Waals surface area (Å²) in [5.41, 5.74) is 2.13. The Hall–Kier alpha value is -1.69. The number of rotatable bonds is 6. The summed E-state index contributed by atoms with van der Waals surface area (Å²) in [5, 5.41) is 9.49. The molecule has 2 heterocycles. The van der Waals surface area contributed by atoms with E-state index < -0.39 is 5.97 Å². The van der Waals surface area contributed by atoms with Crippen molar-refractivity contribution in [1.82, 2.24) is 9.55 Å². The molecule has 102 valence electrons. The number of carboxylic acid groups (broad SMARTS) is 1. The lowest BCUT2D eigenvalue weighted by Gasteiger charge is -2.12. The standard InChI is InChI=1S/C13H16N2O3S/c1-9(2)11-5-14-13(19-8-12(16)17)15(11)6-10-3-4-18-7-10/h3-5,7,9H,6,8H2,1-2H3,(H,16,17). The Bertz CT molecular complexity index is 546. The van der Waals surface area contributed by atoms with Crippen molar-refractivity contribution in [3.05, 3.63) is 36.0 Å². The third-order valence-electron chi connectivity index (χ3n) is 2.69. The zero-order valence-corrected chi connectivity index (χ0v) is 11.7. The predicted octanol–water partition coefficient (Wildman–Crippen LogP) is 2.82. The Morgan fingerprint density at radius 2 is 2.37 bits per heavy atom. The minimum absolute atomic E-state index is 0.0138. The first-order valence-corrected chi connectivity index (χ1v) is 6.97. The summed E-state index contributed by atoms with van der Waals surface area (Å²) in [6.07, 6.45) is 5.13. The van der Waals surface area contributed by atoms with Crippen molar-refractivity contribution < 1.29 is 14.3 Å². The summed E-state index contributed by atoms with van der Waals surface area (Å²) >= 11 is 1.24. The molecule has 0 spiro atoms. The molecule has 0 aliphatic carbocycles. The molecular formula is C13H16N2O3S. The topological polar surface area (TPSA) is 68.3 Å². The number of carboxylic acids is 1. The number of nitrogens with zero attached hydrogens (tertiary/aromatic N) is 2. The molecule has 1 N–H and O–H groups in total. The van der Waals surface area contributed by atoms with Gasteiger partial charge in [-0.15, -0.1) is 0 Å². The molecule has 2 aromatic heterocycles. The maximum atomic E-state index is 10.7. The first-order chi connectivity index (χ1) is 9.08. The molecule has 0 atom stereocenters. The second-order valence-corrected chi connectivity index (χ2v) is 5.46. The van der Waals surface area contributed by atoms with Crippen LogP contribution in [0.25, 0.3) is 0 Å². The van der Waals surface area contributed by atoms with Gasteiger partial charge >= 0.3 is 5.97 Å². The highest BCUT2D eigenvalue weighted by atomic mass is 32.2. The van der Waals surface area contributed by atoms with Crippen LogP contribution in [0.5, 0.6) is 0 Å². The van der Waals surface area contributed by atoms with Gasteiger partial charge in [0.15, 0.2) is 5.16 Å². The van der Waals surface area contributed by atoms with E-state index in [1.54, 1.807) is 12.5 Å². The van der Waals surface area contributed by atoms with Crippen molar-refractivity contribution in [2.75, 3.05) is 5.75 Å². The Labute approximate surface area is 115 Å². The second-order valence-electron chi connectivity index (χ2n) is 4.52. The molecular weight excluding hydrogens is 264 g/mol. The van der Waals surface area contributed by atoms with Crippen molar-refractivity contribution in [1.29, 1.82) is 0 Å². The zero-order valence-electron chi connectivity index (χ0n) is 10.9. The van der Waals surface area contributed by atoms with E-state index in [2.05, 4.69) is 18.8 Å². The van der Waals surface area contributed by atoms with Crippen LogP contribution in [0.1, 0.15) is 31.0 Å². The molecule has 2 rings (SSSR count). The van der Waals surface area contributed by atoms with Crippen LogP contribution in [-0.2, 0) is 11.3 Å². The van der Waals surface area contributed by atoms with Crippen molar-refractivity contribution in [3.8, 4) is 0 Å². The number of imidazole rings is 1. The fourth-order valence-corrected chi connectivity index (χ4v) is 2.50. The fraction of sp³-hybridized carbons (Fsp3) is 0.385. The minimum atomic E-state index is -0.839. The molecule has 5 nitrogen and oxygen atoms in total. The summed E-state index contributed by atoms with van der Waals surface area (Å²) in [5.74, 6) is -0.493. The molecule has 0 saturated carbocycles. The van der Waals surface area contributed by atoms with Gasteiger partial charge in [-0.3, -0.25) is 4.79 Å². The third kappa shape index (κ3) is 3.41. The molecule has 6 heteroatoms. The lowest BCUT2D eigenvalue weighted by Crippen LogP contribution is -2.08. The third-order valence-corrected chi connectivity index (χ3v) is 3.66. The molecule has 0 radical (unpaired) electrons. The highest BCUT2D eigenvalue weighted by molar-refractivity contribution is 7.99. The summed E-state index contributed by atoms with van der Waals surface area (Å²) < 4.78 is 7.11. The predicted molar refractivity (Wildman–Crippen MR) is 72.5 cm³/mol. The molecule has 0 fully saturated rings. The van der Waals surface area contributed by atoms with E-state index in [0.29, 0.717) is 12.5 Å². The number of furan rings is 1. The number of aromatic nitrogens is 2. The largest absolute Gasteiger partial charge is 0.481 e. The van der Waals surface area contributed by atoms with Crippen LogP contribution in [0.3, 0.4) is 0 Å². The second kappa shape index (κ2) is 5.97. The summed E-state index contributed by atoms with van der Waals surface area (Å²) in [7, 11) is 0. The fourth-order valence-electron chi connectivity index (χ4n) is 1.80. The molecule has 19 heavy (non-hydrogen) atoms. The average molecular weight is 280 g/mol. The maximum absolute atomic E-state index is 10.7. The van der Waals surface area contributed by atoms with Crippen molar-refractivity contribution in [2.45, 2.75) is 31.5 Å². The highest BCUT2D eigenvalue weighted by Crippen LogP contribution is 2.24. The number of hydrogen-bond acceptors (Lipinski definition) is 4. The van der Waals surface area contributed by atoms with Crippen molar-refractivity contribution in [3.63, 3.8) is 0 Å². The Morgan fingerprint density at radius 1 is 1.58 bits per heavy atom. The van der Waals surface area contributed by atoms with Gasteiger partial charge in [-0.2, -0.15) is 0 Å². The first kappa shape index (κ1) is 13.7. The monoisotopic (exact) mass is 280 g/mol. The first-order valence-electron chi connectivity index (χ1n) is 5.99. The maximum Gasteiger partial charge on any atom is 0.313 e. The summed E-state index contributed by atoms with van der Waals surface area (Å²) in [6, 6.07) is 1.90. The van der Waals surface area contributed by atoms with Crippen LogP contribution in [-0.4, -0.2) is 26.4 Å². The van der Waals surface area contributed by atoms with Gasteiger partial charge in [0.2, 0.25) is 0 Å². The van der Waals surface area contributed by atoms with Crippen LogP contribution in [0.15, 0.2) is 34.4 Å². The van der Waals surface area contributed by atoms with Crippen LogP contribution in [0, 0.1) is 0 Å². The normalized spacial score (nSPS) is 11.1. The van der Waals surface area contributed by atoms with Crippen LogP contribution in [0.4, 0.5) is 0 Å². The van der Waals surface area contributed by atoms with Gasteiger partial charge in [0.1, 0.15) is 0 Å². The van der Waals surface area contributed by atoms with Crippen LogP contribution < -0.4 is 0 Å². The highest BCUT2D eigenvalue weighted by Gasteiger charge is 2.15. The molecule has 0 aromatic carbocycles. The van der Waals surface area contributed by atoms with E-state index in [1.165, 1.54) is 11.8 Å². The SMILES string of the molecule is CC(C)c1cnc(SCC(=O)O)n1Cc1ccoc1. The van der Waals surface area contributed by atoms with Gasteiger partial charge in [0.05, 0.1) is 24.8 Å². The molecule has 0 unspecified atom stereocenters. The van der Waals surface area contributed by atoms with E-state index in [1.807, 2.05) is 16.8 Å². The molecule has 0 aliphatic heterocycles. The van der Waals surface area contributed by atoms with Gasteiger partial charge in [0, 0.05) is 17.5 Å². The lowest BCUT2D eigenvalue weighted by atomic mass is 10.1. The van der Waals surface area contributed by atoms with E-state index >= 15 is 0 Å². The smallest absolute Gasteiger partial charge is 0.313 e. The van der Waals surface area contributed by atoms with Gasteiger partial charge < -0.3 is 14.1 Å². The molecule has 0 bridgehead atoms. The zero-order chi connectivity index (χ0) is 13.8. The Balaban J connectivity index is 2.25. The Morgan fingerprint density at radius 3 is 2.95 bits per heavy atom. The lowest BCUT2D eigenvalue weighted by molar-refractivity contribution is -0.133. The number of carbonyl (C=O) groups is 1.